The summed E-state index contributed by atoms with van der Waals surface area (Å²) in [6, 6.07) is 5.71. The number of rotatable bonds is 4. The minimum atomic E-state index is -0.505. The molecule has 2 saturated heterocycles. The SMILES string of the molecule is CCOC(=O)Nc1ccc(N2CCC[C@@]3(CCN([C@H]4CC[C@H](O)CC4)C3=O)C2)c(Cl)c1. The second-order valence-electron chi connectivity index (χ2n) is 9.03. The molecule has 3 aliphatic rings. The van der Waals surface area contributed by atoms with Gasteiger partial charge in [0.05, 0.1) is 28.8 Å². The van der Waals surface area contributed by atoms with E-state index >= 15 is 0 Å². The van der Waals surface area contributed by atoms with E-state index in [4.69, 9.17) is 16.3 Å². The highest BCUT2D eigenvalue weighted by atomic mass is 35.5. The lowest BCUT2D eigenvalue weighted by molar-refractivity contribution is -0.139. The molecule has 1 aromatic carbocycles. The molecule has 0 radical (unpaired) electrons. The van der Waals surface area contributed by atoms with Crippen molar-refractivity contribution in [3.63, 3.8) is 0 Å². The molecule has 8 heteroatoms. The molecule has 170 valence electrons. The standard InChI is InChI=1S/C23H32ClN3O4/c1-2-31-22(30)25-16-4-9-20(19(24)14-16)26-12-3-10-23(15-26)11-13-27(21(23)29)17-5-7-18(28)8-6-17/h4,9,14,17-18,28H,2-3,5-8,10-13,15H2,1H3,(H,25,30)/t17-,18-,23-/m1/s1. The lowest BCUT2D eigenvalue weighted by Crippen LogP contribution is -2.50. The van der Waals surface area contributed by atoms with Crippen LogP contribution in [-0.4, -0.2) is 60.4 Å². The van der Waals surface area contributed by atoms with Crippen molar-refractivity contribution < 1.29 is 19.4 Å². The minimum Gasteiger partial charge on any atom is -0.450 e. The summed E-state index contributed by atoms with van der Waals surface area (Å²) in [5.74, 6) is 0.273. The Kier molecular flexibility index (Phi) is 6.63. The van der Waals surface area contributed by atoms with Gasteiger partial charge in [-0.1, -0.05) is 11.6 Å². The maximum absolute atomic E-state index is 13.5. The van der Waals surface area contributed by atoms with E-state index in [9.17, 15) is 14.7 Å². The van der Waals surface area contributed by atoms with Crippen LogP contribution in [0, 0.1) is 5.41 Å². The molecule has 1 atom stereocenters. The number of aliphatic hydroxyl groups is 1. The van der Waals surface area contributed by atoms with E-state index in [1.54, 1.807) is 13.0 Å². The van der Waals surface area contributed by atoms with Gasteiger partial charge in [0.2, 0.25) is 5.91 Å². The molecular weight excluding hydrogens is 418 g/mol. The summed E-state index contributed by atoms with van der Waals surface area (Å²) in [5, 5.41) is 13.0. The third-order valence-electron chi connectivity index (χ3n) is 7.04. The van der Waals surface area contributed by atoms with Crippen LogP contribution >= 0.6 is 11.6 Å². The summed E-state index contributed by atoms with van der Waals surface area (Å²) < 4.78 is 4.91. The Morgan fingerprint density at radius 3 is 2.74 bits per heavy atom. The van der Waals surface area contributed by atoms with Crippen LogP contribution in [0.4, 0.5) is 16.2 Å². The van der Waals surface area contributed by atoms with Crippen molar-refractivity contribution in [1.29, 1.82) is 0 Å². The number of hydrogen-bond acceptors (Lipinski definition) is 5. The summed E-state index contributed by atoms with van der Waals surface area (Å²) >= 11 is 6.57. The van der Waals surface area contributed by atoms with Gasteiger partial charge in [-0.25, -0.2) is 4.79 Å². The van der Waals surface area contributed by atoms with E-state index in [1.165, 1.54) is 0 Å². The zero-order valence-electron chi connectivity index (χ0n) is 18.1. The number of ether oxygens (including phenoxy) is 1. The van der Waals surface area contributed by atoms with E-state index in [0.29, 0.717) is 23.9 Å². The van der Waals surface area contributed by atoms with Gasteiger partial charge in [-0.3, -0.25) is 10.1 Å². The molecule has 1 spiro atoms. The van der Waals surface area contributed by atoms with Crippen LogP contribution in [0.3, 0.4) is 0 Å². The first-order valence-corrected chi connectivity index (χ1v) is 11.8. The predicted octanol–water partition coefficient (Wildman–Crippen LogP) is 4.03. The van der Waals surface area contributed by atoms with Crippen LogP contribution in [-0.2, 0) is 9.53 Å². The van der Waals surface area contributed by atoms with E-state index in [-0.39, 0.29) is 23.5 Å². The highest BCUT2D eigenvalue weighted by Gasteiger charge is 2.50. The van der Waals surface area contributed by atoms with Crippen molar-refractivity contribution in [1.82, 2.24) is 4.90 Å². The van der Waals surface area contributed by atoms with Crippen molar-refractivity contribution >= 4 is 35.0 Å². The van der Waals surface area contributed by atoms with Crippen LogP contribution in [0.5, 0.6) is 0 Å². The number of halogens is 1. The third-order valence-corrected chi connectivity index (χ3v) is 7.34. The Bertz CT molecular complexity index is 827. The molecule has 2 heterocycles. The second-order valence-corrected chi connectivity index (χ2v) is 9.44. The van der Waals surface area contributed by atoms with Crippen molar-refractivity contribution in [3.05, 3.63) is 23.2 Å². The van der Waals surface area contributed by atoms with Gasteiger partial charge in [-0.15, -0.1) is 0 Å². The number of carbonyl (C=O) groups is 2. The average Bonchev–Trinajstić information content (AvgIpc) is 3.04. The Morgan fingerprint density at radius 1 is 1.26 bits per heavy atom. The zero-order chi connectivity index (χ0) is 22.0. The highest BCUT2D eigenvalue weighted by Crippen LogP contribution is 2.44. The normalized spacial score (nSPS) is 28.8. The summed E-state index contributed by atoms with van der Waals surface area (Å²) in [6.45, 7) is 4.39. The van der Waals surface area contributed by atoms with Gasteiger partial charge >= 0.3 is 6.09 Å². The van der Waals surface area contributed by atoms with E-state index < -0.39 is 6.09 Å². The topological polar surface area (TPSA) is 82.1 Å². The summed E-state index contributed by atoms with van der Waals surface area (Å²) in [4.78, 5) is 29.5. The maximum atomic E-state index is 13.5. The lowest BCUT2D eigenvalue weighted by atomic mass is 9.78. The van der Waals surface area contributed by atoms with Crippen LogP contribution in [0.1, 0.15) is 51.9 Å². The van der Waals surface area contributed by atoms with Gasteiger partial charge < -0.3 is 19.6 Å². The van der Waals surface area contributed by atoms with Crippen LogP contribution in [0.2, 0.25) is 5.02 Å². The number of benzene rings is 1. The number of anilines is 2. The molecule has 1 saturated carbocycles. The van der Waals surface area contributed by atoms with E-state index in [1.807, 2.05) is 12.1 Å². The fourth-order valence-corrected chi connectivity index (χ4v) is 5.71. The fraction of sp³-hybridized carbons (Fsp3) is 0.652. The van der Waals surface area contributed by atoms with Gasteiger partial charge in [0.15, 0.2) is 0 Å². The number of aliphatic hydroxyl groups excluding tert-OH is 1. The minimum absolute atomic E-state index is 0.212. The van der Waals surface area contributed by atoms with Crippen molar-refractivity contribution in [2.24, 2.45) is 5.41 Å². The Morgan fingerprint density at radius 2 is 2.03 bits per heavy atom. The van der Waals surface area contributed by atoms with Crippen LogP contribution in [0.25, 0.3) is 0 Å². The van der Waals surface area contributed by atoms with Gasteiger partial charge in [0.1, 0.15) is 0 Å². The van der Waals surface area contributed by atoms with Crippen LogP contribution < -0.4 is 10.2 Å². The smallest absolute Gasteiger partial charge is 0.411 e. The number of nitrogens with one attached hydrogen (secondary N) is 1. The average molecular weight is 450 g/mol. The van der Waals surface area contributed by atoms with Crippen molar-refractivity contribution in [2.45, 2.75) is 64.0 Å². The van der Waals surface area contributed by atoms with Gasteiger partial charge in [-0.2, -0.15) is 0 Å². The van der Waals surface area contributed by atoms with Crippen molar-refractivity contribution in [2.75, 3.05) is 36.5 Å². The Balaban J connectivity index is 1.45. The fourth-order valence-electron chi connectivity index (χ4n) is 5.41. The van der Waals surface area contributed by atoms with Gasteiger partial charge in [0, 0.05) is 31.4 Å². The number of carbonyl (C=O) groups excluding carboxylic acids is 2. The summed E-state index contributed by atoms with van der Waals surface area (Å²) in [7, 11) is 0. The molecule has 1 aliphatic carbocycles. The predicted molar refractivity (Wildman–Crippen MR) is 121 cm³/mol. The first-order chi connectivity index (χ1) is 14.9. The molecule has 0 unspecified atom stereocenters. The lowest BCUT2D eigenvalue weighted by Gasteiger charge is -2.41. The van der Waals surface area contributed by atoms with Crippen molar-refractivity contribution in [3.8, 4) is 0 Å². The molecule has 0 bridgehead atoms. The van der Waals surface area contributed by atoms with Gasteiger partial charge in [-0.05, 0) is 70.1 Å². The van der Waals surface area contributed by atoms with E-state index in [0.717, 1.165) is 63.7 Å². The number of hydrogen-bond donors (Lipinski definition) is 2. The number of amides is 2. The monoisotopic (exact) mass is 449 g/mol. The molecular formula is C23H32ClN3O4. The number of nitrogens with zero attached hydrogens (tertiary/aromatic N) is 2. The zero-order valence-corrected chi connectivity index (χ0v) is 18.9. The van der Waals surface area contributed by atoms with Crippen LogP contribution in [0.15, 0.2) is 18.2 Å². The first-order valence-electron chi connectivity index (χ1n) is 11.4. The number of likely N-dealkylation sites (tertiary alicyclic amines) is 1. The highest BCUT2D eigenvalue weighted by molar-refractivity contribution is 6.33. The Hall–Kier alpha value is -1.99. The molecule has 4 rings (SSSR count). The second kappa shape index (κ2) is 9.25. The molecule has 3 fully saturated rings. The first kappa shape index (κ1) is 22.2. The number of piperidine rings is 1. The third kappa shape index (κ3) is 4.62. The van der Waals surface area contributed by atoms with E-state index in [2.05, 4.69) is 15.1 Å². The molecule has 2 aliphatic heterocycles. The molecule has 2 N–H and O–H groups in total. The largest absolute Gasteiger partial charge is 0.450 e. The molecule has 7 nitrogen and oxygen atoms in total. The Labute approximate surface area is 188 Å². The summed E-state index contributed by atoms with van der Waals surface area (Å²) in [5.41, 5.74) is 1.13. The molecule has 31 heavy (non-hydrogen) atoms. The molecule has 1 aromatic rings. The maximum Gasteiger partial charge on any atom is 0.411 e. The van der Waals surface area contributed by atoms with Gasteiger partial charge in [0.25, 0.3) is 0 Å². The quantitative estimate of drug-likeness (QED) is 0.725. The summed E-state index contributed by atoms with van der Waals surface area (Å²) in [6.07, 6.45) is 5.38. The molecule has 0 aromatic heterocycles. The molecule has 2 amide bonds.